The second-order valence-corrected chi connectivity index (χ2v) is 9.33. The summed E-state index contributed by atoms with van der Waals surface area (Å²) in [6.45, 7) is 6.60. The summed E-state index contributed by atoms with van der Waals surface area (Å²) in [5.74, 6) is 0.193. The molecule has 0 heterocycles. The van der Waals surface area contributed by atoms with Crippen molar-refractivity contribution in [1.29, 1.82) is 0 Å². The molecule has 0 aromatic carbocycles. The fourth-order valence-corrected chi connectivity index (χ4v) is 4.68. The van der Waals surface area contributed by atoms with E-state index in [9.17, 15) is 8.42 Å². The number of rotatable bonds is 5. The molecule has 1 aliphatic carbocycles. The van der Waals surface area contributed by atoms with Crippen LogP contribution < -0.4 is 10.5 Å². The Balaban J connectivity index is 2.69. The molecule has 1 rings (SSSR count). The Bertz CT molecular complexity index is 377. The molecule has 0 aliphatic heterocycles. The van der Waals surface area contributed by atoms with Crippen LogP contribution in [0.15, 0.2) is 0 Å². The van der Waals surface area contributed by atoms with Gasteiger partial charge in [-0.3, -0.25) is 0 Å². The SMILES string of the molecule is CC(C)(C)CCS(=O)(=O)NC1(CN)CCCCCCC1. The van der Waals surface area contributed by atoms with Crippen molar-refractivity contribution in [2.75, 3.05) is 12.3 Å². The Morgan fingerprint density at radius 3 is 2.00 bits per heavy atom. The van der Waals surface area contributed by atoms with Gasteiger partial charge in [-0.1, -0.05) is 52.9 Å². The second-order valence-electron chi connectivity index (χ2n) is 7.48. The normalized spacial score (nSPS) is 21.2. The molecule has 0 bridgehead atoms. The Hall–Kier alpha value is -0.130. The van der Waals surface area contributed by atoms with E-state index >= 15 is 0 Å². The second kappa shape index (κ2) is 7.23. The third-order valence-electron chi connectivity index (χ3n) is 4.19. The lowest BCUT2D eigenvalue weighted by molar-refractivity contribution is 0.295. The van der Waals surface area contributed by atoms with Crippen LogP contribution in [-0.2, 0) is 10.0 Å². The standard InChI is InChI=1S/C15H32N2O2S/c1-14(2,3)11-12-20(18,19)17-15(13-16)9-7-5-4-6-8-10-15/h17H,4-13,16H2,1-3H3. The summed E-state index contributed by atoms with van der Waals surface area (Å²) in [5.41, 5.74) is 5.55. The van der Waals surface area contributed by atoms with Crippen LogP contribution in [0.5, 0.6) is 0 Å². The van der Waals surface area contributed by atoms with Crippen LogP contribution in [0.1, 0.15) is 72.1 Å². The van der Waals surface area contributed by atoms with Crippen molar-refractivity contribution < 1.29 is 8.42 Å². The monoisotopic (exact) mass is 304 g/mol. The molecule has 0 saturated heterocycles. The van der Waals surface area contributed by atoms with Gasteiger partial charge in [0.2, 0.25) is 10.0 Å². The molecule has 4 nitrogen and oxygen atoms in total. The molecule has 3 N–H and O–H groups in total. The van der Waals surface area contributed by atoms with E-state index in [-0.39, 0.29) is 11.2 Å². The fourth-order valence-electron chi connectivity index (χ4n) is 2.75. The number of sulfonamides is 1. The molecule has 20 heavy (non-hydrogen) atoms. The first-order valence-corrected chi connectivity index (χ1v) is 9.55. The van der Waals surface area contributed by atoms with Crippen molar-refractivity contribution in [3.8, 4) is 0 Å². The Morgan fingerprint density at radius 2 is 1.55 bits per heavy atom. The first-order chi connectivity index (χ1) is 9.18. The van der Waals surface area contributed by atoms with E-state index in [1.54, 1.807) is 0 Å². The summed E-state index contributed by atoms with van der Waals surface area (Å²) < 4.78 is 27.6. The average molecular weight is 305 g/mol. The Labute approximate surface area is 124 Å². The van der Waals surface area contributed by atoms with Crippen LogP contribution in [0, 0.1) is 5.41 Å². The maximum atomic E-state index is 12.3. The smallest absolute Gasteiger partial charge is 0.212 e. The predicted molar refractivity (Wildman–Crippen MR) is 85.1 cm³/mol. The van der Waals surface area contributed by atoms with Crippen molar-refractivity contribution in [2.45, 2.75) is 77.7 Å². The third-order valence-corrected chi connectivity index (χ3v) is 5.68. The summed E-state index contributed by atoms with van der Waals surface area (Å²) in [7, 11) is -3.24. The molecule has 0 amide bonds. The highest BCUT2D eigenvalue weighted by molar-refractivity contribution is 7.89. The van der Waals surface area contributed by atoms with Gasteiger partial charge in [-0.15, -0.1) is 0 Å². The van der Waals surface area contributed by atoms with Gasteiger partial charge in [0.1, 0.15) is 0 Å². The van der Waals surface area contributed by atoms with Crippen LogP contribution in [-0.4, -0.2) is 26.3 Å². The Kier molecular flexibility index (Phi) is 6.48. The molecule has 5 heteroatoms. The largest absolute Gasteiger partial charge is 0.329 e. The molecule has 1 fully saturated rings. The van der Waals surface area contributed by atoms with E-state index in [1.807, 2.05) is 0 Å². The van der Waals surface area contributed by atoms with Gasteiger partial charge in [-0.2, -0.15) is 0 Å². The fraction of sp³-hybridized carbons (Fsp3) is 1.00. The lowest BCUT2D eigenvalue weighted by Crippen LogP contribution is -2.54. The summed E-state index contributed by atoms with van der Waals surface area (Å²) >= 11 is 0. The van der Waals surface area contributed by atoms with Crippen LogP contribution in [0.3, 0.4) is 0 Å². The van der Waals surface area contributed by atoms with E-state index in [0.29, 0.717) is 13.0 Å². The minimum atomic E-state index is -3.24. The van der Waals surface area contributed by atoms with Gasteiger partial charge >= 0.3 is 0 Å². The van der Waals surface area contributed by atoms with E-state index in [4.69, 9.17) is 5.73 Å². The van der Waals surface area contributed by atoms with E-state index in [0.717, 1.165) is 25.7 Å². The average Bonchev–Trinajstić information content (AvgIpc) is 2.30. The maximum absolute atomic E-state index is 12.3. The summed E-state index contributed by atoms with van der Waals surface area (Å²) in [4.78, 5) is 0. The number of nitrogens with one attached hydrogen (secondary N) is 1. The first kappa shape index (κ1) is 17.9. The van der Waals surface area contributed by atoms with Gasteiger partial charge in [0.05, 0.1) is 5.75 Å². The molecule has 1 saturated carbocycles. The first-order valence-electron chi connectivity index (χ1n) is 7.90. The molecule has 0 radical (unpaired) electrons. The number of hydrogen-bond donors (Lipinski definition) is 2. The maximum Gasteiger partial charge on any atom is 0.212 e. The number of nitrogens with two attached hydrogens (primary N) is 1. The van der Waals surface area contributed by atoms with Gasteiger partial charge in [0.15, 0.2) is 0 Å². The quantitative estimate of drug-likeness (QED) is 0.820. The van der Waals surface area contributed by atoms with Crippen molar-refractivity contribution in [1.82, 2.24) is 4.72 Å². The lowest BCUT2D eigenvalue weighted by atomic mass is 9.85. The molecule has 0 atom stereocenters. The minimum absolute atomic E-state index is 0.0333. The molecule has 120 valence electrons. The zero-order valence-corrected chi connectivity index (χ0v) is 14.2. The van der Waals surface area contributed by atoms with Gasteiger partial charge < -0.3 is 5.73 Å². The van der Waals surface area contributed by atoms with Crippen LogP contribution in [0.25, 0.3) is 0 Å². The van der Waals surface area contributed by atoms with Crippen molar-refractivity contribution in [3.63, 3.8) is 0 Å². The summed E-state index contributed by atoms with van der Waals surface area (Å²) in [6, 6.07) is 0. The molecule has 0 spiro atoms. The minimum Gasteiger partial charge on any atom is -0.329 e. The lowest BCUT2D eigenvalue weighted by Gasteiger charge is -2.35. The van der Waals surface area contributed by atoms with E-state index < -0.39 is 15.6 Å². The molecule has 0 unspecified atom stereocenters. The van der Waals surface area contributed by atoms with Gasteiger partial charge in [0.25, 0.3) is 0 Å². The molecular formula is C15H32N2O2S. The highest BCUT2D eigenvalue weighted by Gasteiger charge is 2.33. The summed E-state index contributed by atoms with van der Waals surface area (Å²) in [5, 5.41) is 0. The number of hydrogen-bond acceptors (Lipinski definition) is 3. The van der Waals surface area contributed by atoms with Crippen molar-refractivity contribution in [2.24, 2.45) is 11.1 Å². The van der Waals surface area contributed by atoms with Crippen LogP contribution in [0.4, 0.5) is 0 Å². The van der Waals surface area contributed by atoms with Crippen molar-refractivity contribution >= 4 is 10.0 Å². The molecule has 0 aromatic heterocycles. The molecular weight excluding hydrogens is 272 g/mol. The molecule has 1 aliphatic rings. The zero-order chi connectivity index (χ0) is 15.3. The van der Waals surface area contributed by atoms with Gasteiger partial charge in [-0.05, 0) is 24.7 Å². The van der Waals surface area contributed by atoms with Crippen molar-refractivity contribution in [3.05, 3.63) is 0 Å². The van der Waals surface area contributed by atoms with E-state index in [2.05, 4.69) is 25.5 Å². The highest BCUT2D eigenvalue weighted by atomic mass is 32.2. The van der Waals surface area contributed by atoms with Crippen LogP contribution >= 0.6 is 0 Å². The van der Waals surface area contributed by atoms with Crippen LogP contribution in [0.2, 0.25) is 0 Å². The zero-order valence-electron chi connectivity index (χ0n) is 13.4. The summed E-state index contributed by atoms with van der Waals surface area (Å²) in [6.07, 6.45) is 8.19. The molecule has 0 aromatic rings. The topological polar surface area (TPSA) is 72.2 Å². The predicted octanol–water partition coefficient (Wildman–Crippen LogP) is 2.78. The van der Waals surface area contributed by atoms with E-state index in [1.165, 1.54) is 19.3 Å². The highest BCUT2D eigenvalue weighted by Crippen LogP contribution is 2.27. The third kappa shape index (κ3) is 6.55. The Morgan fingerprint density at radius 1 is 1.05 bits per heavy atom. The van der Waals surface area contributed by atoms with Gasteiger partial charge in [0, 0.05) is 12.1 Å². The van der Waals surface area contributed by atoms with Gasteiger partial charge in [-0.25, -0.2) is 13.1 Å².